The molecule has 2 heterocycles. The van der Waals surface area contributed by atoms with Crippen LogP contribution < -0.4 is 14.4 Å². The van der Waals surface area contributed by atoms with E-state index in [1.54, 1.807) is 23.5 Å². The highest BCUT2D eigenvalue weighted by atomic mass is 32.2. The van der Waals surface area contributed by atoms with E-state index in [0.29, 0.717) is 37.7 Å². The van der Waals surface area contributed by atoms with E-state index in [-0.39, 0.29) is 4.90 Å². The fraction of sp³-hybridized carbons (Fsp3) is 0.286. The predicted octanol–water partition coefficient (Wildman–Crippen LogP) is 3.34. The van der Waals surface area contributed by atoms with Crippen LogP contribution in [-0.2, 0) is 10.0 Å². The SMILES string of the molecule is COc1ccc(OC)c(S(=O)(=O)N2CCN(c3nc(-c4ccccc4)cs3)CC2)c1. The van der Waals surface area contributed by atoms with E-state index in [9.17, 15) is 8.42 Å². The number of rotatable bonds is 6. The Morgan fingerprint density at radius 3 is 2.37 bits per heavy atom. The molecule has 0 spiro atoms. The quantitative estimate of drug-likeness (QED) is 0.580. The zero-order chi connectivity index (χ0) is 21.1. The summed E-state index contributed by atoms with van der Waals surface area (Å²) in [5.41, 5.74) is 2.01. The van der Waals surface area contributed by atoms with Gasteiger partial charge in [-0.1, -0.05) is 30.3 Å². The number of aromatic nitrogens is 1. The van der Waals surface area contributed by atoms with E-state index in [1.807, 2.05) is 35.7 Å². The largest absolute Gasteiger partial charge is 0.497 e. The first-order chi connectivity index (χ1) is 14.5. The van der Waals surface area contributed by atoms with Crippen LogP contribution in [0.15, 0.2) is 58.8 Å². The van der Waals surface area contributed by atoms with Crippen molar-refractivity contribution < 1.29 is 17.9 Å². The Bertz CT molecular complexity index is 1110. The third kappa shape index (κ3) is 4.00. The molecular formula is C21H23N3O4S2. The maximum atomic E-state index is 13.2. The Morgan fingerprint density at radius 2 is 1.70 bits per heavy atom. The minimum atomic E-state index is -3.70. The van der Waals surface area contributed by atoms with Crippen LogP contribution in [0.4, 0.5) is 5.13 Å². The highest BCUT2D eigenvalue weighted by Gasteiger charge is 2.32. The number of nitrogens with zero attached hydrogens (tertiary/aromatic N) is 3. The van der Waals surface area contributed by atoms with E-state index < -0.39 is 10.0 Å². The lowest BCUT2D eigenvalue weighted by Crippen LogP contribution is -2.48. The fourth-order valence-electron chi connectivity index (χ4n) is 3.40. The normalized spacial score (nSPS) is 15.2. The zero-order valence-electron chi connectivity index (χ0n) is 16.8. The summed E-state index contributed by atoms with van der Waals surface area (Å²) in [5, 5.41) is 2.94. The molecule has 1 aromatic heterocycles. The fourth-order valence-corrected chi connectivity index (χ4v) is 5.88. The van der Waals surface area contributed by atoms with Crippen molar-refractivity contribution in [2.75, 3.05) is 45.3 Å². The van der Waals surface area contributed by atoms with Crippen molar-refractivity contribution in [3.63, 3.8) is 0 Å². The number of thiazole rings is 1. The summed E-state index contributed by atoms with van der Waals surface area (Å²) < 4.78 is 38.4. The van der Waals surface area contributed by atoms with Gasteiger partial charge in [0.15, 0.2) is 5.13 Å². The second-order valence-electron chi connectivity index (χ2n) is 6.79. The van der Waals surface area contributed by atoms with Gasteiger partial charge in [0.2, 0.25) is 10.0 Å². The molecule has 9 heteroatoms. The van der Waals surface area contributed by atoms with Gasteiger partial charge in [0.05, 0.1) is 19.9 Å². The van der Waals surface area contributed by atoms with Crippen LogP contribution in [0.1, 0.15) is 0 Å². The Hall–Kier alpha value is -2.62. The Morgan fingerprint density at radius 1 is 0.967 bits per heavy atom. The van der Waals surface area contributed by atoms with Crippen molar-refractivity contribution >= 4 is 26.5 Å². The van der Waals surface area contributed by atoms with Crippen LogP contribution in [0.5, 0.6) is 11.5 Å². The molecule has 0 bridgehead atoms. The molecule has 0 radical (unpaired) electrons. The van der Waals surface area contributed by atoms with Crippen molar-refractivity contribution in [2.24, 2.45) is 0 Å². The maximum Gasteiger partial charge on any atom is 0.247 e. The summed E-state index contributed by atoms with van der Waals surface area (Å²) in [6.45, 7) is 1.91. The molecule has 30 heavy (non-hydrogen) atoms. The summed E-state index contributed by atoms with van der Waals surface area (Å²) in [4.78, 5) is 6.99. The molecule has 1 aliphatic heterocycles. The van der Waals surface area contributed by atoms with Gasteiger partial charge in [-0.25, -0.2) is 13.4 Å². The summed E-state index contributed by atoms with van der Waals surface area (Å²) in [5.74, 6) is 0.787. The Balaban J connectivity index is 1.49. The average molecular weight is 446 g/mol. The number of ether oxygens (including phenoxy) is 2. The number of methoxy groups -OCH3 is 2. The van der Waals surface area contributed by atoms with Crippen LogP contribution in [0.3, 0.4) is 0 Å². The average Bonchev–Trinajstić information content (AvgIpc) is 3.29. The number of anilines is 1. The predicted molar refractivity (Wildman–Crippen MR) is 118 cm³/mol. The van der Waals surface area contributed by atoms with Gasteiger partial charge in [0.1, 0.15) is 16.4 Å². The van der Waals surface area contributed by atoms with Crippen LogP contribution in [0.2, 0.25) is 0 Å². The lowest BCUT2D eigenvalue weighted by molar-refractivity contribution is 0.370. The van der Waals surface area contributed by atoms with Gasteiger partial charge in [-0.3, -0.25) is 0 Å². The first-order valence-electron chi connectivity index (χ1n) is 9.51. The topological polar surface area (TPSA) is 72.0 Å². The molecular weight excluding hydrogens is 422 g/mol. The second-order valence-corrected chi connectivity index (χ2v) is 9.53. The molecule has 158 valence electrons. The molecule has 0 atom stereocenters. The van der Waals surface area contributed by atoms with Gasteiger partial charge in [-0.05, 0) is 12.1 Å². The number of benzene rings is 2. The molecule has 7 nitrogen and oxygen atoms in total. The van der Waals surface area contributed by atoms with Crippen LogP contribution >= 0.6 is 11.3 Å². The molecule has 0 N–H and O–H groups in total. The Kier molecular flexibility index (Phi) is 5.94. The molecule has 1 saturated heterocycles. The smallest absolute Gasteiger partial charge is 0.247 e. The minimum Gasteiger partial charge on any atom is -0.497 e. The van der Waals surface area contributed by atoms with E-state index in [2.05, 4.69) is 4.90 Å². The molecule has 0 saturated carbocycles. The molecule has 3 aromatic rings. The first-order valence-corrected chi connectivity index (χ1v) is 11.8. The van der Waals surface area contributed by atoms with Crippen molar-refractivity contribution in [1.29, 1.82) is 0 Å². The number of sulfonamides is 1. The first kappa shape index (κ1) is 20.6. The van der Waals surface area contributed by atoms with Crippen molar-refractivity contribution in [1.82, 2.24) is 9.29 Å². The van der Waals surface area contributed by atoms with Gasteiger partial charge in [0, 0.05) is 43.2 Å². The highest BCUT2D eigenvalue weighted by Crippen LogP contribution is 2.32. The molecule has 0 amide bonds. The monoisotopic (exact) mass is 445 g/mol. The number of hydrogen-bond donors (Lipinski definition) is 0. The van der Waals surface area contributed by atoms with Gasteiger partial charge >= 0.3 is 0 Å². The molecule has 0 unspecified atom stereocenters. The minimum absolute atomic E-state index is 0.124. The third-order valence-corrected chi connectivity index (χ3v) is 7.88. The number of piperazine rings is 1. The van der Waals surface area contributed by atoms with Gasteiger partial charge in [0.25, 0.3) is 0 Å². The molecule has 1 fully saturated rings. The van der Waals surface area contributed by atoms with Crippen LogP contribution in [0, 0.1) is 0 Å². The van der Waals surface area contributed by atoms with E-state index in [1.165, 1.54) is 24.6 Å². The molecule has 0 aliphatic carbocycles. The van der Waals surface area contributed by atoms with Gasteiger partial charge in [-0.2, -0.15) is 4.31 Å². The summed E-state index contributed by atoms with van der Waals surface area (Å²) >= 11 is 1.58. The third-order valence-electron chi connectivity index (χ3n) is 5.06. The van der Waals surface area contributed by atoms with Crippen molar-refractivity contribution in [2.45, 2.75) is 4.90 Å². The van der Waals surface area contributed by atoms with E-state index in [0.717, 1.165) is 16.4 Å². The molecule has 4 rings (SSSR count). The van der Waals surface area contributed by atoms with Crippen LogP contribution in [-0.4, -0.2) is 58.1 Å². The van der Waals surface area contributed by atoms with Crippen molar-refractivity contribution in [3.8, 4) is 22.8 Å². The highest BCUT2D eigenvalue weighted by molar-refractivity contribution is 7.89. The van der Waals surface area contributed by atoms with E-state index in [4.69, 9.17) is 14.5 Å². The number of hydrogen-bond acceptors (Lipinski definition) is 7. The Labute approximate surface area is 180 Å². The summed E-state index contributed by atoms with van der Waals surface area (Å²) in [7, 11) is -0.724. The molecule has 2 aromatic carbocycles. The van der Waals surface area contributed by atoms with Crippen molar-refractivity contribution in [3.05, 3.63) is 53.9 Å². The summed E-state index contributed by atoms with van der Waals surface area (Å²) in [6, 6.07) is 14.8. The van der Waals surface area contributed by atoms with Gasteiger partial charge in [-0.15, -0.1) is 11.3 Å². The lowest BCUT2D eigenvalue weighted by Gasteiger charge is -2.34. The standard InChI is InChI=1S/C21H23N3O4S2/c1-27-17-8-9-19(28-2)20(14-17)30(25,26)24-12-10-23(11-13-24)21-22-18(15-29-21)16-6-4-3-5-7-16/h3-9,14-15H,10-13H2,1-2H3. The van der Waals surface area contributed by atoms with E-state index >= 15 is 0 Å². The maximum absolute atomic E-state index is 13.2. The summed E-state index contributed by atoms with van der Waals surface area (Å²) in [6.07, 6.45) is 0. The van der Waals surface area contributed by atoms with Gasteiger partial charge < -0.3 is 14.4 Å². The molecule has 1 aliphatic rings. The lowest BCUT2D eigenvalue weighted by atomic mass is 10.2. The zero-order valence-corrected chi connectivity index (χ0v) is 18.4. The van der Waals surface area contributed by atoms with Crippen LogP contribution in [0.25, 0.3) is 11.3 Å². The second kappa shape index (κ2) is 8.63.